The molecule has 2 heterocycles. The molecule has 2 aromatic carbocycles. The Balaban J connectivity index is 1.46. The Labute approximate surface area is 177 Å². The van der Waals surface area contributed by atoms with Crippen molar-refractivity contribution in [1.82, 2.24) is 4.90 Å². The highest BCUT2D eigenvalue weighted by molar-refractivity contribution is 9.10. The Bertz CT molecular complexity index is 895. The molecule has 0 bridgehead atoms. The van der Waals surface area contributed by atoms with Gasteiger partial charge in [-0.05, 0) is 60.0 Å². The normalized spacial score (nSPS) is 18.6. The molecule has 0 aliphatic carbocycles. The highest BCUT2D eigenvalue weighted by Crippen LogP contribution is 2.46. The van der Waals surface area contributed by atoms with Crippen molar-refractivity contribution in [3.63, 3.8) is 0 Å². The molecule has 0 unspecified atom stereocenters. The van der Waals surface area contributed by atoms with Crippen LogP contribution in [0.2, 0.25) is 0 Å². The van der Waals surface area contributed by atoms with Gasteiger partial charge in [-0.1, -0.05) is 29.8 Å². The van der Waals surface area contributed by atoms with E-state index in [9.17, 15) is 9.59 Å². The molecule has 0 aromatic heterocycles. The van der Waals surface area contributed by atoms with E-state index in [-0.39, 0.29) is 16.8 Å². The van der Waals surface area contributed by atoms with Crippen LogP contribution >= 0.6 is 27.7 Å². The van der Waals surface area contributed by atoms with Gasteiger partial charge in [-0.15, -0.1) is 11.8 Å². The number of aryl methyl sites for hydroxylation is 1. The van der Waals surface area contributed by atoms with Gasteiger partial charge in [0.1, 0.15) is 0 Å². The van der Waals surface area contributed by atoms with Crippen molar-refractivity contribution < 1.29 is 9.59 Å². The van der Waals surface area contributed by atoms with Crippen LogP contribution in [0.5, 0.6) is 0 Å². The smallest absolute Gasteiger partial charge is 0.321 e. The first-order valence-electron chi connectivity index (χ1n) is 9.33. The average Bonchev–Trinajstić information content (AvgIpc) is 3.01. The fraction of sp³-hybridized carbons (Fsp3) is 0.333. The molecule has 1 N–H and O–H groups in total. The van der Waals surface area contributed by atoms with Crippen LogP contribution in [-0.4, -0.2) is 40.6 Å². The molecule has 0 radical (unpaired) electrons. The number of benzene rings is 2. The van der Waals surface area contributed by atoms with Crippen molar-refractivity contribution in [2.75, 3.05) is 29.1 Å². The van der Waals surface area contributed by atoms with Gasteiger partial charge >= 0.3 is 6.03 Å². The zero-order valence-corrected chi connectivity index (χ0v) is 18.1. The van der Waals surface area contributed by atoms with Gasteiger partial charge in [-0.3, -0.25) is 9.69 Å². The topological polar surface area (TPSA) is 52.7 Å². The minimum absolute atomic E-state index is 0.0991. The van der Waals surface area contributed by atoms with Crippen LogP contribution in [0.1, 0.15) is 18.4 Å². The lowest BCUT2D eigenvalue weighted by Gasteiger charge is -2.43. The van der Waals surface area contributed by atoms with Gasteiger partial charge in [-0.2, -0.15) is 0 Å². The molecule has 2 fully saturated rings. The maximum atomic E-state index is 12.7. The number of piperidine rings is 1. The fourth-order valence-corrected chi connectivity index (χ4v) is 5.52. The summed E-state index contributed by atoms with van der Waals surface area (Å²) in [6.07, 6.45) is 1.53. The largest absolute Gasteiger partial charge is 0.324 e. The van der Waals surface area contributed by atoms with E-state index >= 15 is 0 Å². The van der Waals surface area contributed by atoms with Crippen molar-refractivity contribution in [2.45, 2.75) is 24.6 Å². The number of hydrogen-bond donors (Lipinski definition) is 1. The quantitative estimate of drug-likeness (QED) is 0.697. The second-order valence-corrected chi connectivity index (χ2v) is 9.39. The number of anilines is 2. The lowest BCUT2D eigenvalue weighted by molar-refractivity contribution is -0.116. The molecule has 0 saturated carbocycles. The maximum absolute atomic E-state index is 12.7. The summed E-state index contributed by atoms with van der Waals surface area (Å²) in [5.41, 5.74) is 2.89. The lowest BCUT2D eigenvalue weighted by atomic mass is 10.0. The minimum Gasteiger partial charge on any atom is -0.324 e. The number of halogens is 1. The van der Waals surface area contributed by atoms with Crippen LogP contribution < -0.4 is 10.2 Å². The van der Waals surface area contributed by atoms with Crippen LogP contribution in [0.3, 0.4) is 0 Å². The highest BCUT2D eigenvalue weighted by atomic mass is 79.9. The number of amides is 3. The van der Waals surface area contributed by atoms with Crippen molar-refractivity contribution in [1.29, 1.82) is 0 Å². The third-order valence-corrected chi connectivity index (χ3v) is 7.57. The molecule has 2 aliphatic rings. The number of carbonyl (C=O) groups is 2. The number of carbonyl (C=O) groups excluding carboxylic acids is 2. The summed E-state index contributed by atoms with van der Waals surface area (Å²) >= 11 is 5.17. The number of nitrogens with zero attached hydrogens (tertiary/aromatic N) is 2. The Hall–Kier alpha value is -1.99. The van der Waals surface area contributed by atoms with Crippen LogP contribution in [0.25, 0.3) is 0 Å². The number of thioether (sulfide) groups is 1. The van der Waals surface area contributed by atoms with E-state index in [1.165, 1.54) is 5.56 Å². The van der Waals surface area contributed by atoms with E-state index in [4.69, 9.17) is 0 Å². The molecule has 3 amide bonds. The molecule has 4 rings (SSSR count). The Kier molecular flexibility index (Phi) is 5.38. The fourth-order valence-electron chi connectivity index (χ4n) is 3.81. The third-order valence-electron chi connectivity index (χ3n) is 5.36. The molecule has 2 aliphatic heterocycles. The van der Waals surface area contributed by atoms with Gasteiger partial charge in [0.25, 0.3) is 0 Å². The van der Waals surface area contributed by atoms with Gasteiger partial charge in [0.2, 0.25) is 5.91 Å². The number of nitrogens with one attached hydrogen (secondary N) is 1. The maximum Gasteiger partial charge on any atom is 0.321 e. The average molecular weight is 460 g/mol. The molecule has 5 nitrogen and oxygen atoms in total. The molecule has 28 heavy (non-hydrogen) atoms. The summed E-state index contributed by atoms with van der Waals surface area (Å²) in [6, 6.07) is 15.6. The Morgan fingerprint density at radius 1 is 1.11 bits per heavy atom. The van der Waals surface area contributed by atoms with Crippen LogP contribution in [0.15, 0.2) is 53.0 Å². The molecule has 2 saturated heterocycles. The SMILES string of the molecule is Cc1ccc(N2C(=O)CSC23CCN(C(=O)Nc2ccccc2Br)CC3)cc1. The lowest BCUT2D eigenvalue weighted by Crippen LogP contribution is -2.53. The summed E-state index contributed by atoms with van der Waals surface area (Å²) in [7, 11) is 0. The minimum atomic E-state index is -0.254. The van der Waals surface area contributed by atoms with Gasteiger partial charge in [0.15, 0.2) is 0 Å². The third kappa shape index (κ3) is 3.65. The van der Waals surface area contributed by atoms with E-state index in [0.29, 0.717) is 18.8 Å². The molecule has 7 heteroatoms. The summed E-state index contributed by atoms with van der Waals surface area (Å²) < 4.78 is 0.860. The van der Waals surface area contributed by atoms with E-state index in [2.05, 4.69) is 21.2 Å². The van der Waals surface area contributed by atoms with E-state index in [1.807, 2.05) is 65.3 Å². The summed E-state index contributed by atoms with van der Waals surface area (Å²) in [6.45, 7) is 3.29. The van der Waals surface area contributed by atoms with Gasteiger partial charge in [-0.25, -0.2) is 4.79 Å². The molecule has 2 aromatic rings. The number of para-hydroxylation sites is 1. The standard InChI is InChI=1S/C21H22BrN3O2S/c1-15-6-8-16(9-7-15)25-19(26)14-28-21(25)10-12-24(13-11-21)20(27)23-18-5-3-2-4-17(18)22/h2-9H,10-14H2,1H3,(H,23,27). The number of rotatable bonds is 2. The molecular weight excluding hydrogens is 438 g/mol. The zero-order valence-electron chi connectivity index (χ0n) is 15.7. The molecular formula is C21H22BrN3O2S. The predicted octanol–water partition coefficient (Wildman–Crippen LogP) is 4.86. The summed E-state index contributed by atoms with van der Waals surface area (Å²) in [5, 5.41) is 2.97. The van der Waals surface area contributed by atoms with E-state index < -0.39 is 0 Å². The van der Waals surface area contributed by atoms with E-state index in [0.717, 1.165) is 28.7 Å². The van der Waals surface area contributed by atoms with E-state index in [1.54, 1.807) is 11.8 Å². The number of hydrogen-bond acceptors (Lipinski definition) is 3. The van der Waals surface area contributed by atoms with Crippen molar-refractivity contribution >= 4 is 51.0 Å². The highest BCUT2D eigenvalue weighted by Gasteiger charge is 2.49. The Morgan fingerprint density at radius 3 is 2.46 bits per heavy atom. The van der Waals surface area contributed by atoms with Gasteiger partial charge in [0, 0.05) is 23.2 Å². The molecule has 146 valence electrons. The zero-order chi connectivity index (χ0) is 19.7. The monoisotopic (exact) mass is 459 g/mol. The molecule has 1 spiro atoms. The second-order valence-electron chi connectivity index (χ2n) is 7.20. The van der Waals surface area contributed by atoms with Crippen molar-refractivity contribution in [3.05, 3.63) is 58.6 Å². The first kappa shape index (κ1) is 19.3. The predicted molar refractivity (Wildman–Crippen MR) is 118 cm³/mol. The summed E-state index contributed by atoms with van der Waals surface area (Å²) in [4.78, 5) is 28.9. The van der Waals surface area contributed by atoms with Gasteiger partial charge in [0.05, 0.1) is 16.3 Å². The van der Waals surface area contributed by atoms with Gasteiger partial charge < -0.3 is 10.2 Å². The first-order valence-corrected chi connectivity index (χ1v) is 11.1. The number of urea groups is 1. The van der Waals surface area contributed by atoms with Crippen LogP contribution in [-0.2, 0) is 4.79 Å². The number of likely N-dealkylation sites (tertiary alicyclic amines) is 1. The Morgan fingerprint density at radius 2 is 1.79 bits per heavy atom. The van der Waals surface area contributed by atoms with Crippen molar-refractivity contribution in [3.8, 4) is 0 Å². The van der Waals surface area contributed by atoms with Crippen molar-refractivity contribution in [2.24, 2.45) is 0 Å². The van der Waals surface area contributed by atoms with Crippen LogP contribution in [0.4, 0.5) is 16.2 Å². The second kappa shape index (κ2) is 7.79. The molecule has 0 atom stereocenters. The summed E-state index contributed by atoms with van der Waals surface area (Å²) in [5.74, 6) is 0.650. The first-order chi connectivity index (χ1) is 13.5. The van der Waals surface area contributed by atoms with Crippen LogP contribution in [0, 0.1) is 6.92 Å².